The van der Waals surface area contributed by atoms with E-state index in [2.05, 4.69) is 5.32 Å². The molecule has 0 unspecified atom stereocenters. The van der Waals surface area contributed by atoms with Crippen molar-refractivity contribution in [3.05, 3.63) is 52.2 Å². The van der Waals surface area contributed by atoms with Crippen molar-refractivity contribution in [3.63, 3.8) is 0 Å². The Bertz CT molecular complexity index is 508. The molecule has 4 heteroatoms. The molecule has 0 bridgehead atoms. The van der Waals surface area contributed by atoms with E-state index in [1.54, 1.807) is 0 Å². The lowest BCUT2D eigenvalue weighted by Crippen LogP contribution is -2.19. The maximum atomic E-state index is 11.2. The van der Waals surface area contributed by atoms with Gasteiger partial charge in [-0.15, -0.1) is 11.3 Å². The first kappa shape index (κ1) is 11.7. The number of rotatable bonds is 4. The highest BCUT2D eigenvalue weighted by molar-refractivity contribution is 7.10. The van der Waals surface area contributed by atoms with Crippen LogP contribution in [0.15, 0.2) is 41.8 Å². The Labute approximate surface area is 104 Å². The van der Waals surface area contributed by atoms with Gasteiger partial charge >= 0.3 is 5.97 Å². The van der Waals surface area contributed by atoms with Crippen molar-refractivity contribution in [3.8, 4) is 0 Å². The number of aryl methyl sites for hydroxylation is 1. The Morgan fingerprint density at radius 1 is 1.35 bits per heavy atom. The molecule has 0 aliphatic carbocycles. The van der Waals surface area contributed by atoms with Gasteiger partial charge in [0.1, 0.15) is 0 Å². The van der Waals surface area contributed by atoms with Crippen LogP contribution in [0.25, 0.3) is 0 Å². The monoisotopic (exact) mass is 247 g/mol. The fourth-order valence-corrected chi connectivity index (χ4v) is 2.38. The summed E-state index contributed by atoms with van der Waals surface area (Å²) in [5.74, 6) is -0.867. The second kappa shape index (κ2) is 5.01. The highest BCUT2D eigenvalue weighted by Crippen LogP contribution is 2.24. The maximum Gasteiger partial charge on any atom is 0.331 e. The smallest absolute Gasteiger partial charge is 0.331 e. The van der Waals surface area contributed by atoms with Crippen molar-refractivity contribution in [2.45, 2.75) is 13.0 Å². The second-order valence-corrected chi connectivity index (χ2v) is 4.78. The number of carboxylic acids is 1. The van der Waals surface area contributed by atoms with Crippen LogP contribution in [0.1, 0.15) is 16.5 Å². The van der Waals surface area contributed by atoms with Gasteiger partial charge in [0, 0.05) is 10.6 Å². The van der Waals surface area contributed by atoms with Crippen LogP contribution in [0.2, 0.25) is 0 Å². The average Bonchev–Trinajstić information content (AvgIpc) is 2.78. The maximum absolute atomic E-state index is 11.2. The van der Waals surface area contributed by atoms with Crippen LogP contribution in [0.5, 0.6) is 0 Å². The summed E-state index contributed by atoms with van der Waals surface area (Å²) in [6.45, 7) is 1.98. The number of benzene rings is 1. The third kappa shape index (κ3) is 2.85. The van der Waals surface area contributed by atoms with Gasteiger partial charge in [0.05, 0.1) is 0 Å². The Hall–Kier alpha value is -1.81. The largest absolute Gasteiger partial charge is 0.479 e. The first-order chi connectivity index (χ1) is 8.16. The number of thiophene rings is 1. The van der Waals surface area contributed by atoms with Crippen molar-refractivity contribution < 1.29 is 9.90 Å². The van der Waals surface area contributed by atoms with Crippen molar-refractivity contribution in [1.82, 2.24) is 0 Å². The van der Waals surface area contributed by atoms with Crippen LogP contribution in [-0.2, 0) is 4.79 Å². The van der Waals surface area contributed by atoms with E-state index in [0.29, 0.717) is 0 Å². The van der Waals surface area contributed by atoms with Gasteiger partial charge < -0.3 is 10.4 Å². The molecule has 0 fully saturated rings. The molecule has 0 aliphatic heterocycles. The molecule has 0 saturated heterocycles. The number of nitrogens with one attached hydrogen (secondary N) is 1. The molecule has 0 spiro atoms. The first-order valence-electron chi connectivity index (χ1n) is 5.26. The Kier molecular flexibility index (Phi) is 3.44. The van der Waals surface area contributed by atoms with Crippen molar-refractivity contribution >= 4 is 23.0 Å². The van der Waals surface area contributed by atoms with E-state index in [1.807, 2.05) is 48.7 Å². The number of carboxylic acid groups (broad SMARTS) is 1. The molecular formula is C13H13NO2S. The van der Waals surface area contributed by atoms with Crippen LogP contribution in [0.4, 0.5) is 5.69 Å². The molecule has 2 N–H and O–H groups in total. The minimum absolute atomic E-state index is 0.684. The Balaban J connectivity index is 2.22. The van der Waals surface area contributed by atoms with E-state index in [-0.39, 0.29) is 0 Å². The molecule has 3 nitrogen and oxygen atoms in total. The van der Waals surface area contributed by atoms with Crippen LogP contribution < -0.4 is 5.32 Å². The van der Waals surface area contributed by atoms with E-state index >= 15 is 0 Å². The van der Waals surface area contributed by atoms with Crippen molar-refractivity contribution in [2.24, 2.45) is 0 Å². The molecule has 0 aliphatic rings. The lowest BCUT2D eigenvalue weighted by atomic mass is 10.2. The van der Waals surface area contributed by atoms with Gasteiger partial charge in [0.25, 0.3) is 0 Å². The zero-order valence-electron chi connectivity index (χ0n) is 9.38. The molecule has 1 aromatic heterocycles. The van der Waals surface area contributed by atoms with Crippen LogP contribution in [-0.4, -0.2) is 11.1 Å². The van der Waals surface area contributed by atoms with E-state index in [1.165, 1.54) is 11.3 Å². The second-order valence-electron chi connectivity index (χ2n) is 3.80. The minimum atomic E-state index is -0.867. The lowest BCUT2D eigenvalue weighted by molar-refractivity contribution is -0.138. The van der Waals surface area contributed by atoms with E-state index < -0.39 is 12.0 Å². The number of anilines is 1. The van der Waals surface area contributed by atoms with Gasteiger partial charge in [-0.25, -0.2) is 4.79 Å². The summed E-state index contributed by atoms with van der Waals surface area (Å²) in [7, 11) is 0. The summed E-state index contributed by atoms with van der Waals surface area (Å²) in [5.41, 5.74) is 1.93. The van der Waals surface area contributed by atoms with Crippen molar-refractivity contribution in [1.29, 1.82) is 0 Å². The molecule has 1 atom stereocenters. The van der Waals surface area contributed by atoms with Crippen LogP contribution in [0, 0.1) is 6.92 Å². The number of aliphatic carboxylic acids is 1. The quantitative estimate of drug-likeness (QED) is 0.871. The average molecular weight is 247 g/mol. The van der Waals surface area contributed by atoms with Crippen LogP contribution >= 0.6 is 11.3 Å². The Morgan fingerprint density at radius 2 is 2.18 bits per heavy atom. The van der Waals surface area contributed by atoms with Gasteiger partial charge in [0.15, 0.2) is 6.04 Å². The van der Waals surface area contributed by atoms with E-state index in [0.717, 1.165) is 16.1 Å². The lowest BCUT2D eigenvalue weighted by Gasteiger charge is -2.14. The Morgan fingerprint density at radius 3 is 2.76 bits per heavy atom. The molecule has 1 heterocycles. The van der Waals surface area contributed by atoms with E-state index in [4.69, 9.17) is 0 Å². The summed E-state index contributed by atoms with van der Waals surface area (Å²) in [5, 5.41) is 14.1. The first-order valence-corrected chi connectivity index (χ1v) is 6.14. The predicted octanol–water partition coefficient (Wildman–Crippen LogP) is 3.29. The third-order valence-electron chi connectivity index (χ3n) is 2.40. The normalized spacial score (nSPS) is 12.1. The van der Waals surface area contributed by atoms with Crippen molar-refractivity contribution in [2.75, 3.05) is 5.32 Å². The topological polar surface area (TPSA) is 49.3 Å². The SMILES string of the molecule is Cc1cccc(N[C@@H](C(=O)O)c2cccs2)c1. The third-order valence-corrected chi connectivity index (χ3v) is 3.34. The summed E-state index contributed by atoms with van der Waals surface area (Å²) >= 11 is 1.44. The van der Waals surface area contributed by atoms with Gasteiger partial charge in [0.2, 0.25) is 0 Å². The molecule has 1 aromatic carbocycles. The minimum Gasteiger partial charge on any atom is -0.479 e. The molecule has 88 valence electrons. The number of hydrogen-bond donors (Lipinski definition) is 2. The number of hydrogen-bond acceptors (Lipinski definition) is 3. The van der Waals surface area contributed by atoms with Gasteiger partial charge in [-0.1, -0.05) is 18.2 Å². The zero-order valence-corrected chi connectivity index (χ0v) is 10.2. The molecule has 0 radical (unpaired) electrons. The zero-order chi connectivity index (χ0) is 12.3. The van der Waals surface area contributed by atoms with Gasteiger partial charge in [-0.05, 0) is 36.1 Å². The summed E-state index contributed by atoms with van der Waals surface area (Å²) in [6.07, 6.45) is 0. The molecule has 0 amide bonds. The summed E-state index contributed by atoms with van der Waals surface area (Å²) in [6, 6.07) is 10.7. The molecular weight excluding hydrogens is 234 g/mol. The summed E-state index contributed by atoms with van der Waals surface area (Å²) < 4.78 is 0. The highest BCUT2D eigenvalue weighted by atomic mass is 32.1. The molecule has 2 rings (SSSR count). The molecule has 0 saturated carbocycles. The fraction of sp³-hybridized carbons (Fsp3) is 0.154. The highest BCUT2D eigenvalue weighted by Gasteiger charge is 2.20. The fourth-order valence-electron chi connectivity index (χ4n) is 1.61. The van der Waals surface area contributed by atoms with Crippen LogP contribution in [0.3, 0.4) is 0 Å². The predicted molar refractivity (Wildman–Crippen MR) is 69.5 cm³/mol. The summed E-state index contributed by atoms with van der Waals surface area (Å²) in [4.78, 5) is 12.0. The molecule has 17 heavy (non-hydrogen) atoms. The molecule has 2 aromatic rings. The van der Waals surface area contributed by atoms with Gasteiger partial charge in [-0.2, -0.15) is 0 Å². The van der Waals surface area contributed by atoms with Gasteiger partial charge in [-0.3, -0.25) is 0 Å². The van der Waals surface area contributed by atoms with E-state index in [9.17, 15) is 9.90 Å². The number of carbonyl (C=O) groups is 1. The standard InChI is InChI=1S/C13H13NO2S/c1-9-4-2-5-10(8-9)14-12(13(15)16)11-6-3-7-17-11/h2-8,12,14H,1H3,(H,15,16)/t12-/m1/s1.